The lowest BCUT2D eigenvalue weighted by molar-refractivity contribution is -0.115. The van der Waals surface area contributed by atoms with E-state index in [1.807, 2.05) is 35.7 Å². The van der Waals surface area contributed by atoms with Crippen LogP contribution in [-0.2, 0) is 16.0 Å². The highest BCUT2D eigenvalue weighted by Crippen LogP contribution is 2.31. The van der Waals surface area contributed by atoms with Gasteiger partial charge in [0.15, 0.2) is 5.13 Å². The number of carbonyl (C=O) groups is 1. The number of nitrogens with one attached hydrogen (secondary N) is 1. The molecule has 5 rings (SSSR count). The van der Waals surface area contributed by atoms with E-state index >= 15 is 0 Å². The van der Waals surface area contributed by atoms with Crippen molar-refractivity contribution < 1.29 is 9.53 Å². The van der Waals surface area contributed by atoms with E-state index in [4.69, 9.17) is 9.72 Å². The molecule has 4 aromatic rings. The van der Waals surface area contributed by atoms with E-state index in [9.17, 15) is 4.79 Å². The van der Waals surface area contributed by atoms with Crippen LogP contribution in [0, 0.1) is 0 Å². The minimum atomic E-state index is -0.0877. The zero-order valence-electron chi connectivity index (χ0n) is 16.1. The third-order valence-electron chi connectivity index (χ3n) is 4.74. The number of amides is 1. The Hall–Kier alpha value is -2.88. The van der Waals surface area contributed by atoms with Crippen molar-refractivity contribution in [1.29, 1.82) is 0 Å². The maximum atomic E-state index is 12.5. The molecule has 0 unspecified atom stereocenters. The molecule has 0 radical (unpaired) electrons. The molecule has 0 aliphatic carbocycles. The first kappa shape index (κ1) is 19.1. The molecule has 1 fully saturated rings. The molecule has 0 saturated carbocycles. The van der Waals surface area contributed by atoms with Crippen molar-refractivity contribution in [3.8, 4) is 10.6 Å². The molecule has 3 aromatic heterocycles. The first-order chi connectivity index (χ1) is 14.7. The fourth-order valence-electron chi connectivity index (χ4n) is 3.26. The van der Waals surface area contributed by atoms with Crippen LogP contribution in [0.3, 0.4) is 0 Å². The molecule has 0 bridgehead atoms. The second kappa shape index (κ2) is 8.47. The molecule has 1 aliphatic heterocycles. The van der Waals surface area contributed by atoms with Gasteiger partial charge in [-0.1, -0.05) is 11.3 Å². The van der Waals surface area contributed by atoms with Crippen LogP contribution >= 0.6 is 22.7 Å². The van der Waals surface area contributed by atoms with Crippen LogP contribution in [0.25, 0.3) is 20.8 Å². The number of ether oxygens (including phenoxy) is 1. The van der Waals surface area contributed by atoms with Crippen LogP contribution in [0.4, 0.5) is 10.8 Å². The van der Waals surface area contributed by atoms with E-state index in [2.05, 4.69) is 20.2 Å². The average molecular weight is 438 g/mol. The lowest BCUT2D eigenvalue weighted by Gasteiger charge is -2.25. The average Bonchev–Trinajstić information content (AvgIpc) is 3.42. The van der Waals surface area contributed by atoms with E-state index < -0.39 is 0 Å². The summed E-state index contributed by atoms with van der Waals surface area (Å²) >= 11 is 3.16. The Bertz CT molecular complexity index is 1170. The molecule has 1 amide bonds. The van der Waals surface area contributed by atoms with Gasteiger partial charge >= 0.3 is 0 Å². The second-order valence-corrected chi connectivity index (χ2v) is 8.76. The summed E-state index contributed by atoms with van der Waals surface area (Å²) in [4.78, 5) is 28.2. The molecule has 152 valence electrons. The number of pyridine rings is 1. The maximum Gasteiger partial charge on any atom is 0.230 e. The Morgan fingerprint density at radius 3 is 2.93 bits per heavy atom. The summed E-state index contributed by atoms with van der Waals surface area (Å²) < 4.78 is 6.47. The Morgan fingerprint density at radius 2 is 2.10 bits per heavy atom. The molecule has 1 N–H and O–H groups in total. The third-order valence-corrected chi connectivity index (χ3v) is 6.76. The standard InChI is InChI=1S/C21H19N5O2S2/c27-19(11-16-13-29-20(24-16)14-2-1-5-22-12-14)23-15-3-4-17-18(10-15)30-21(25-17)26-6-8-28-9-7-26/h1-5,10,12-13H,6-9,11H2,(H,23,27). The number of rotatable bonds is 5. The number of thiazole rings is 2. The van der Waals surface area contributed by atoms with E-state index in [-0.39, 0.29) is 12.3 Å². The lowest BCUT2D eigenvalue weighted by Crippen LogP contribution is -2.36. The van der Waals surface area contributed by atoms with Gasteiger partial charge in [0.2, 0.25) is 5.91 Å². The van der Waals surface area contributed by atoms with Crippen LogP contribution < -0.4 is 10.2 Å². The van der Waals surface area contributed by atoms with Crippen molar-refractivity contribution in [1.82, 2.24) is 15.0 Å². The predicted molar refractivity (Wildman–Crippen MR) is 120 cm³/mol. The number of aromatic nitrogens is 3. The summed E-state index contributed by atoms with van der Waals surface area (Å²) in [5.41, 5.74) is 3.43. The molecule has 9 heteroatoms. The Kier molecular flexibility index (Phi) is 5.39. The molecule has 7 nitrogen and oxygen atoms in total. The number of hydrogen-bond acceptors (Lipinski definition) is 8. The summed E-state index contributed by atoms with van der Waals surface area (Å²) in [5.74, 6) is -0.0877. The fraction of sp³-hybridized carbons (Fsp3) is 0.238. The van der Waals surface area contributed by atoms with Gasteiger partial charge < -0.3 is 15.0 Å². The number of nitrogens with zero attached hydrogens (tertiary/aromatic N) is 4. The largest absolute Gasteiger partial charge is 0.378 e. The van der Waals surface area contributed by atoms with Crippen LogP contribution in [0.1, 0.15) is 5.69 Å². The van der Waals surface area contributed by atoms with Crippen molar-refractivity contribution in [3.05, 3.63) is 53.8 Å². The summed E-state index contributed by atoms with van der Waals surface area (Å²) in [6, 6.07) is 9.67. The highest BCUT2D eigenvalue weighted by molar-refractivity contribution is 7.22. The van der Waals surface area contributed by atoms with Gasteiger partial charge in [-0.3, -0.25) is 9.78 Å². The van der Waals surface area contributed by atoms with Crippen molar-refractivity contribution in [2.75, 3.05) is 36.5 Å². The van der Waals surface area contributed by atoms with Gasteiger partial charge in [0.25, 0.3) is 0 Å². The van der Waals surface area contributed by atoms with Crippen LogP contribution in [0.5, 0.6) is 0 Å². The smallest absolute Gasteiger partial charge is 0.230 e. The van der Waals surface area contributed by atoms with Gasteiger partial charge in [0.05, 0.1) is 35.5 Å². The minimum Gasteiger partial charge on any atom is -0.378 e. The molecular weight excluding hydrogens is 418 g/mol. The number of carbonyl (C=O) groups excluding carboxylic acids is 1. The second-order valence-electron chi connectivity index (χ2n) is 6.89. The van der Waals surface area contributed by atoms with E-state index in [0.29, 0.717) is 0 Å². The first-order valence-electron chi connectivity index (χ1n) is 9.62. The molecular formula is C21H19N5O2S2. The molecule has 1 saturated heterocycles. The molecule has 0 spiro atoms. The summed E-state index contributed by atoms with van der Waals surface area (Å²) in [5, 5.41) is 6.77. The lowest BCUT2D eigenvalue weighted by atomic mass is 10.2. The number of morpholine rings is 1. The molecule has 4 heterocycles. The van der Waals surface area contributed by atoms with Gasteiger partial charge in [-0.05, 0) is 30.3 Å². The zero-order chi connectivity index (χ0) is 20.3. The van der Waals surface area contributed by atoms with Crippen LogP contribution in [-0.4, -0.2) is 47.2 Å². The van der Waals surface area contributed by atoms with Crippen molar-refractivity contribution >= 4 is 49.6 Å². The maximum absolute atomic E-state index is 12.5. The summed E-state index contributed by atoms with van der Waals surface area (Å²) in [6.45, 7) is 3.18. The fourth-order valence-corrected chi connectivity index (χ4v) is 5.13. The van der Waals surface area contributed by atoms with Gasteiger partial charge in [-0.15, -0.1) is 11.3 Å². The summed E-state index contributed by atoms with van der Waals surface area (Å²) in [7, 11) is 0. The Labute approximate surface area is 181 Å². The SMILES string of the molecule is O=C(Cc1csc(-c2cccnc2)n1)Nc1ccc2nc(N3CCOCC3)sc2c1. The zero-order valence-corrected chi connectivity index (χ0v) is 17.7. The molecule has 1 aliphatic rings. The van der Waals surface area contributed by atoms with Gasteiger partial charge in [0.1, 0.15) is 5.01 Å². The van der Waals surface area contributed by atoms with E-state index in [1.54, 1.807) is 23.7 Å². The Morgan fingerprint density at radius 1 is 1.20 bits per heavy atom. The quantitative estimate of drug-likeness (QED) is 0.511. The van der Waals surface area contributed by atoms with Crippen molar-refractivity contribution in [2.45, 2.75) is 6.42 Å². The number of benzene rings is 1. The van der Waals surface area contributed by atoms with Gasteiger partial charge in [-0.2, -0.15) is 0 Å². The number of fused-ring (bicyclic) bond motifs is 1. The highest BCUT2D eigenvalue weighted by atomic mass is 32.1. The van der Waals surface area contributed by atoms with Crippen molar-refractivity contribution in [2.24, 2.45) is 0 Å². The minimum absolute atomic E-state index is 0.0877. The predicted octanol–water partition coefficient (Wildman–Crippen LogP) is 3.83. The third kappa shape index (κ3) is 4.18. The normalized spacial score (nSPS) is 14.2. The van der Waals surface area contributed by atoms with Gasteiger partial charge in [-0.25, -0.2) is 9.97 Å². The number of anilines is 2. The first-order valence-corrected chi connectivity index (χ1v) is 11.3. The van der Waals surface area contributed by atoms with E-state index in [0.717, 1.165) is 63.6 Å². The number of hydrogen-bond donors (Lipinski definition) is 1. The molecule has 0 atom stereocenters. The summed E-state index contributed by atoms with van der Waals surface area (Å²) in [6.07, 6.45) is 3.74. The molecule has 1 aromatic carbocycles. The topological polar surface area (TPSA) is 80.2 Å². The monoisotopic (exact) mass is 437 g/mol. The molecule has 30 heavy (non-hydrogen) atoms. The van der Waals surface area contributed by atoms with Crippen LogP contribution in [0.15, 0.2) is 48.1 Å². The highest BCUT2D eigenvalue weighted by Gasteiger charge is 2.16. The van der Waals surface area contributed by atoms with E-state index in [1.165, 1.54) is 11.3 Å². The van der Waals surface area contributed by atoms with Gasteiger partial charge in [0, 0.05) is 42.1 Å². The van der Waals surface area contributed by atoms with Crippen LogP contribution in [0.2, 0.25) is 0 Å². The van der Waals surface area contributed by atoms with Crippen molar-refractivity contribution in [3.63, 3.8) is 0 Å². The Balaban J connectivity index is 1.26.